The van der Waals surface area contributed by atoms with Gasteiger partial charge in [0, 0.05) is 12.6 Å². The fourth-order valence-corrected chi connectivity index (χ4v) is 3.88. The first-order valence-corrected chi connectivity index (χ1v) is 8.49. The number of thioether (sulfide) groups is 1. The van der Waals surface area contributed by atoms with Crippen molar-refractivity contribution in [1.82, 2.24) is 9.27 Å². The number of aromatic nitrogens is 1. The highest BCUT2D eigenvalue weighted by Gasteiger charge is 2.17. The molecule has 2 rings (SSSR count). The molecule has 3 N–H and O–H groups in total. The lowest BCUT2D eigenvalue weighted by Gasteiger charge is -2.32. The molecule has 1 saturated heterocycles. The van der Waals surface area contributed by atoms with E-state index in [9.17, 15) is 0 Å². The van der Waals surface area contributed by atoms with Crippen molar-refractivity contribution in [1.29, 1.82) is 0 Å². The number of nitrogens with zero attached hydrogens (tertiary/aromatic N) is 2. The molecule has 2 heterocycles. The van der Waals surface area contributed by atoms with Gasteiger partial charge in [-0.15, -0.1) is 11.8 Å². The van der Waals surface area contributed by atoms with Crippen LogP contribution in [-0.2, 0) is 0 Å². The minimum Gasteiger partial charge on any atom is -0.382 e. The Morgan fingerprint density at radius 2 is 2.17 bits per heavy atom. The molecular weight excluding hydrogens is 264 g/mol. The van der Waals surface area contributed by atoms with Crippen molar-refractivity contribution >= 4 is 34.1 Å². The third kappa shape index (κ3) is 3.30. The van der Waals surface area contributed by atoms with Crippen molar-refractivity contribution in [2.24, 2.45) is 0 Å². The van der Waals surface area contributed by atoms with Crippen LogP contribution < -0.4 is 11.1 Å². The molecule has 0 bridgehead atoms. The van der Waals surface area contributed by atoms with Crippen LogP contribution in [0.1, 0.15) is 26.2 Å². The Labute approximate surface area is 117 Å². The maximum Gasteiger partial charge on any atom is 0.153 e. The number of likely N-dealkylation sites (tertiary alicyclic amines) is 1. The van der Waals surface area contributed by atoms with Crippen LogP contribution in [0.3, 0.4) is 0 Å². The minimum atomic E-state index is 0.573. The molecule has 1 unspecified atom stereocenters. The molecule has 0 saturated carbocycles. The van der Waals surface area contributed by atoms with Gasteiger partial charge in [-0.3, -0.25) is 4.90 Å². The quantitative estimate of drug-likeness (QED) is 0.815. The smallest absolute Gasteiger partial charge is 0.153 e. The van der Waals surface area contributed by atoms with Gasteiger partial charge in [-0.25, -0.2) is 0 Å². The third-order valence-electron chi connectivity index (χ3n) is 3.45. The Kier molecular flexibility index (Phi) is 5.14. The van der Waals surface area contributed by atoms with E-state index in [1.165, 1.54) is 43.9 Å². The van der Waals surface area contributed by atoms with Crippen molar-refractivity contribution in [3.8, 4) is 0 Å². The zero-order chi connectivity index (χ0) is 13.0. The first kappa shape index (κ1) is 14.0. The van der Waals surface area contributed by atoms with Crippen LogP contribution in [0, 0.1) is 0 Å². The molecule has 0 aliphatic carbocycles. The van der Waals surface area contributed by atoms with Crippen LogP contribution in [0.25, 0.3) is 0 Å². The number of nitrogen functional groups attached to an aromatic ring is 1. The van der Waals surface area contributed by atoms with Crippen molar-refractivity contribution in [3.05, 3.63) is 0 Å². The van der Waals surface area contributed by atoms with Crippen molar-refractivity contribution in [3.63, 3.8) is 0 Å². The van der Waals surface area contributed by atoms with E-state index in [1.54, 1.807) is 11.8 Å². The van der Waals surface area contributed by atoms with E-state index in [2.05, 4.69) is 21.5 Å². The van der Waals surface area contributed by atoms with Crippen LogP contribution in [0.5, 0.6) is 0 Å². The van der Waals surface area contributed by atoms with Gasteiger partial charge in [0.1, 0.15) is 5.00 Å². The van der Waals surface area contributed by atoms with Gasteiger partial charge in [0.05, 0.1) is 4.90 Å². The van der Waals surface area contributed by atoms with Crippen LogP contribution >= 0.6 is 23.3 Å². The van der Waals surface area contributed by atoms with Gasteiger partial charge in [-0.05, 0) is 50.6 Å². The van der Waals surface area contributed by atoms with Gasteiger partial charge in [0.2, 0.25) is 0 Å². The average molecular weight is 286 g/mol. The fraction of sp³-hybridized carbons (Fsp3) is 0.750. The van der Waals surface area contributed by atoms with Crippen molar-refractivity contribution in [2.45, 2.75) is 37.1 Å². The Morgan fingerprint density at radius 1 is 1.44 bits per heavy atom. The van der Waals surface area contributed by atoms with Gasteiger partial charge in [0.15, 0.2) is 5.82 Å². The molecule has 0 radical (unpaired) electrons. The van der Waals surface area contributed by atoms with Crippen molar-refractivity contribution in [2.75, 3.05) is 36.9 Å². The van der Waals surface area contributed by atoms with E-state index < -0.39 is 0 Å². The number of hydrogen-bond acceptors (Lipinski definition) is 6. The van der Waals surface area contributed by atoms with E-state index in [4.69, 9.17) is 5.73 Å². The number of nitrogens with one attached hydrogen (secondary N) is 1. The SMILES string of the molecule is CSc1c(N)nsc1NCC(C)N1CCCCC1. The lowest BCUT2D eigenvalue weighted by Crippen LogP contribution is -2.41. The first-order chi connectivity index (χ1) is 8.72. The Hall–Kier alpha value is -0.460. The fourth-order valence-electron chi connectivity index (χ4n) is 2.33. The highest BCUT2D eigenvalue weighted by molar-refractivity contribution is 7.99. The highest BCUT2D eigenvalue weighted by Crippen LogP contribution is 2.34. The summed E-state index contributed by atoms with van der Waals surface area (Å²) in [5.74, 6) is 0.653. The summed E-state index contributed by atoms with van der Waals surface area (Å²) in [5, 5.41) is 4.61. The topological polar surface area (TPSA) is 54.2 Å². The summed E-state index contributed by atoms with van der Waals surface area (Å²) in [6, 6.07) is 0.573. The third-order valence-corrected chi connectivity index (χ3v) is 5.22. The molecule has 0 aromatic carbocycles. The summed E-state index contributed by atoms with van der Waals surface area (Å²) in [4.78, 5) is 3.66. The molecule has 1 aromatic heterocycles. The van der Waals surface area contributed by atoms with Gasteiger partial charge in [-0.2, -0.15) is 4.37 Å². The molecule has 18 heavy (non-hydrogen) atoms. The minimum absolute atomic E-state index is 0.573. The normalized spacial score (nSPS) is 18.8. The van der Waals surface area contributed by atoms with Gasteiger partial charge >= 0.3 is 0 Å². The second-order valence-electron chi connectivity index (χ2n) is 4.76. The molecule has 1 aromatic rings. The number of piperidine rings is 1. The molecule has 1 aliphatic rings. The summed E-state index contributed by atoms with van der Waals surface area (Å²) >= 11 is 3.13. The Bertz CT molecular complexity index is 374. The largest absolute Gasteiger partial charge is 0.382 e. The number of rotatable bonds is 5. The van der Waals surface area contributed by atoms with Crippen LogP contribution in [0.2, 0.25) is 0 Å². The summed E-state index contributed by atoms with van der Waals surface area (Å²) in [7, 11) is 0. The lowest BCUT2D eigenvalue weighted by atomic mass is 10.1. The number of hydrogen-bond donors (Lipinski definition) is 2. The maximum atomic E-state index is 5.83. The predicted octanol–water partition coefficient (Wildman–Crippen LogP) is 2.73. The molecule has 102 valence electrons. The Morgan fingerprint density at radius 3 is 2.83 bits per heavy atom. The van der Waals surface area contributed by atoms with Crippen molar-refractivity contribution < 1.29 is 0 Å². The zero-order valence-electron chi connectivity index (χ0n) is 11.1. The summed E-state index contributed by atoms with van der Waals surface area (Å²) in [5.41, 5.74) is 5.83. The monoisotopic (exact) mass is 286 g/mol. The van der Waals surface area contributed by atoms with Gasteiger partial charge in [0.25, 0.3) is 0 Å². The van der Waals surface area contributed by atoms with E-state index in [0.717, 1.165) is 16.4 Å². The predicted molar refractivity (Wildman–Crippen MR) is 81.7 cm³/mol. The summed E-state index contributed by atoms with van der Waals surface area (Å²) < 4.78 is 4.20. The zero-order valence-corrected chi connectivity index (χ0v) is 12.7. The average Bonchev–Trinajstić information content (AvgIpc) is 2.77. The second kappa shape index (κ2) is 6.63. The van der Waals surface area contributed by atoms with Gasteiger partial charge < -0.3 is 11.1 Å². The van der Waals surface area contributed by atoms with Crippen LogP contribution in [0.15, 0.2) is 4.90 Å². The molecule has 0 amide bonds. The number of nitrogens with two attached hydrogens (primary N) is 1. The molecule has 0 spiro atoms. The molecule has 6 heteroatoms. The maximum absolute atomic E-state index is 5.83. The summed E-state index contributed by atoms with van der Waals surface area (Å²) in [6.07, 6.45) is 6.11. The first-order valence-electron chi connectivity index (χ1n) is 6.49. The van der Waals surface area contributed by atoms with E-state index in [-0.39, 0.29) is 0 Å². The highest BCUT2D eigenvalue weighted by atomic mass is 32.2. The van der Waals surface area contributed by atoms with Crippen LogP contribution in [0.4, 0.5) is 10.8 Å². The van der Waals surface area contributed by atoms with E-state index in [0.29, 0.717) is 11.9 Å². The summed E-state index contributed by atoms with van der Waals surface area (Å²) in [6.45, 7) is 5.74. The molecule has 1 atom stereocenters. The Balaban J connectivity index is 1.86. The molecule has 1 fully saturated rings. The molecule has 1 aliphatic heterocycles. The van der Waals surface area contributed by atoms with E-state index in [1.807, 2.05) is 6.26 Å². The lowest BCUT2D eigenvalue weighted by molar-refractivity contribution is 0.180. The second-order valence-corrected chi connectivity index (χ2v) is 6.35. The molecular formula is C12H22N4S2. The molecule has 4 nitrogen and oxygen atoms in total. The van der Waals surface area contributed by atoms with E-state index >= 15 is 0 Å². The standard InChI is InChI=1S/C12H22N4S2/c1-9(16-6-4-3-5-7-16)8-14-12-10(17-2)11(13)15-18-12/h9,14H,3-8H2,1-2H3,(H2,13,15). The number of anilines is 2. The van der Waals surface area contributed by atoms with Crippen LogP contribution in [-0.4, -0.2) is 41.2 Å². The van der Waals surface area contributed by atoms with Gasteiger partial charge in [-0.1, -0.05) is 6.42 Å².